The van der Waals surface area contributed by atoms with E-state index < -0.39 is 0 Å². The first-order valence-corrected chi connectivity index (χ1v) is 5.58. The summed E-state index contributed by atoms with van der Waals surface area (Å²) in [5.41, 5.74) is 0.642. The SMILES string of the molecule is COc1ccc2c(c1)OC(C)(C)CNC2=S. The first kappa shape index (κ1) is 11.2. The maximum Gasteiger partial charge on any atom is 0.134 e. The van der Waals surface area contributed by atoms with Crippen molar-refractivity contribution >= 4 is 17.2 Å². The van der Waals surface area contributed by atoms with E-state index >= 15 is 0 Å². The Bertz CT molecular complexity index is 429. The maximum absolute atomic E-state index is 5.93. The topological polar surface area (TPSA) is 30.5 Å². The number of hydrogen-bond acceptors (Lipinski definition) is 3. The quantitative estimate of drug-likeness (QED) is 0.758. The van der Waals surface area contributed by atoms with E-state index in [9.17, 15) is 0 Å². The van der Waals surface area contributed by atoms with Gasteiger partial charge in [0.2, 0.25) is 0 Å². The van der Waals surface area contributed by atoms with Crippen LogP contribution in [0, 0.1) is 0 Å². The molecule has 0 aromatic heterocycles. The van der Waals surface area contributed by atoms with Crippen molar-refractivity contribution < 1.29 is 9.47 Å². The zero-order chi connectivity index (χ0) is 11.8. The highest BCUT2D eigenvalue weighted by atomic mass is 32.1. The van der Waals surface area contributed by atoms with Gasteiger partial charge < -0.3 is 14.8 Å². The lowest BCUT2D eigenvalue weighted by atomic mass is 10.1. The molecule has 1 aliphatic rings. The van der Waals surface area contributed by atoms with Crippen molar-refractivity contribution in [2.75, 3.05) is 13.7 Å². The summed E-state index contributed by atoms with van der Waals surface area (Å²) in [7, 11) is 1.64. The summed E-state index contributed by atoms with van der Waals surface area (Å²) >= 11 is 5.30. The molecule has 0 saturated heterocycles. The standard InChI is InChI=1S/C12H15NO2S/c1-12(2)7-13-11(16)9-5-4-8(14-3)6-10(9)15-12/h4-6H,7H2,1-3H3,(H,13,16). The molecule has 86 valence electrons. The molecule has 0 bridgehead atoms. The van der Waals surface area contributed by atoms with Crippen LogP contribution in [0.15, 0.2) is 18.2 Å². The fourth-order valence-corrected chi connectivity index (χ4v) is 1.86. The molecule has 0 aliphatic carbocycles. The Morgan fingerprint density at radius 3 is 2.88 bits per heavy atom. The summed E-state index contributed by atoms with van der Waals surface area (Å²) in [5, 5.41) is 3.19. The van der Waals surface area contributed by atoms with E-state index in [-0.39, 0.29) is 5.60 Å². The molecule has 0 fully saturated rings. The number of ether oxygens (including phenoxy) is 2. The van der Waals surface area contributed by atoms with Crippen molar-refractivity contribution in [3.05, 3.63) is 23.8 Å². The molecular weight excluding hydrogens is 222 g/mol. The summed E-state index contributed by atoms with van der Waals surface area (Å²) in [6.45, 7) is 4.75. The Kier molecular flexibility index (Phi) is 2.76. The molecule has 0 saturated carbocycles. The molecule has 0 radical (unpaired) electrons. The van der Waals surface area contributed by atoms with E-state index in [4.69, 9.17) is 21.7 Å². The minimum Gasteiger partial charge on any atom is -0.497 e. The number of hydrogen-bond donors (Lipinski definition) is 1. The minimum atomic E-state index is -0.276. The van der Waals surface area contributed by atoms with Crippen molar-refractivity contribution in [1.29, 1.82) is 0 Å². The first-order chi connectivity index (χ1) is 7.52. The number of rotatable bonds is 1. The van der Waals surface area contributed by atoms with Gasteiger partial charge in [0, 0.05) is 6.07 Å². The Morgan fingerprint density at radius 2 is 2.19 bits per heavy atom. The molecule has 0 amide bonds. The number of benzene rings is 1. The van der Waals surface area contributed by atoms with Crippen LogP contribution < -0.4 is 14.8 Å². The van der Waals surface area contributed by atoms with Gasteiger partial charge in [0.1, 0.15) is 22.1 Å². The molecule has 2 rings (SSSR count). The Balaban J connectivity index is 2.47. The van der Waals surface area contributed by atoms with Gasteiger partial charge in [0.15, 0.2) is 0 Å². The van der Waals surface area contributed by atoms with E-state index in [0.29, 0.717) is 6.54 Å². The van der Waals surface area contributed by atoms with Gasteiger partial charge in [0.05, 0.1) is 19.2 Å². The molecule has 1 aromatic carbocycles. The smallest absolute Gasteiger partial charge is 0.134 e. The van der Waals surface area contributed by atoms with Gasteiger partial charge >= 0.3 is 0 Å². The minimum absolute atomic E-state index is 0.276. The number of nitrogens with one attached hydrogen (secondary N) is 1. The Labute approximate surface area is 101 Å². The second kappa shape index (κ2) is 3.94. The molecule has 0 unspecified atom stereocenters. The van der Waals surface area contributed by atoms with Crippen LogP contribution in [0.2, 0.25) is 0 Å². The normalized spacial score (nSPS) is 17.8. The molecular formula is C12H15NO2S. The summed E-state index contributed by atoms with van der Waals surface area (Å²) in [6, 6.07) is 5.68. The summed E-state index contributed by atoms with van der Waals surface area (Å²) < 4.78 is 11.1. The van der Waals surface area contributed by atoms with E-state index in [0.717, 1.165) is 22.1 Å². The average Bonchev–Trinajstić information content (AvgIpc) is 2.35. The average molecular weight is 237 g/mol. The molecule has 16 heavy (non-hydrogen) atoms. The lowest BCUT2D eigenvalue weighted by Gasteiger charge is -2.24. The van der Waals surface area contributed by atoms with Crippen LogP contribution in [-0.2, 0) is 0 Å². The summed E-state index contributed by atoms with van der Waals surface area (Å²) in [5.74, 6) is 1.55. The van der Waals surface area contributed by atoms with E-state index in [1.807, 2.05) is 32.0 Å². The molecule has 1 aliphatic heterocycles. The largest absolute Gasteiger partial charge is 0.497 e. The number of fused-ring (bicyclic) bond motifs is 1. The predicted octanol–water partition coefficient (Wildman–Crippen LogP) is 2.13. The van der Waals surface area contributed by atoms with Gasteiger partial charge in [-0.15, -0.1) is 0 Å². The van der Waals surface area contributed by atoms with Gasteiger partial charge in [0.25, 0.3) is 0 Å². The van der Waals surface area contributed by atoms with Crippen LogP contribution in [0.5, 0.6) is 11.5 Å². The van der Waals surface area contributed by atoms with Crippen LogP contribution in [-0.4, -0.2) is 24.2 Å². The highest BCUT2D eigenvalue weighted by molar-refractivity contribution is 7.80. The zero-order valence-electron chi connectivity index (χ0n) is 9.66. The number of thiocarbonyl (C=S) groups is 1. The second-order valence-corrected chi connectivity index (χ2v) is 4.81. The fraction of sp³-hybridized carbons (Fsp3) is 0.417. The van der Waals surface area contributed by atoms with Crippen LogP contribution in [0.3, 0.4) is 0 Å². The van der Waals surface area contributed by atoms with Crippen LogP contribution in [0.1, 0.15) is 19.4 Å². The molecule has 0 spiro atoms. The Hall–Kier alpha value is -1.29. The fourth-order valence-electron chi connectivity index (χ4n) is 1.62. The van der Waals surface area contributed by atoms with E-state index in [1.54, 1.807) is 7.11 Å². The number of methoxy groups -OCH3 is 1. The maximum atomic E-state index is 5.93. The summed E-state index contributed by atoms with van der Waals surface area (Å²) in [4.78, 5) is 0.725. The molecule has 4 heteroatoms. The highest BCUT2D eigenvalue weighted by Gasteiger charge is 2.26. The van der Waals surface area contributed by atoms with Crippen molar-refractivity contribution in [2.45, 2.75) is 19.4 Å². The van der Waals surface area contributed by atoms with Gasteiger partial charge in [-0.3, -0.25) is 0 Å². The molecule has 0 atom stereocenters. The third kappa shape index (κ3) is 2.11. The monoisotopic (exact) mass is 237 g/mol. The third-order valence-corrected chi connectivity index (χ3v) is 2.86. The lowest BCUT2D eigenvalue weighted by molar-refractivity contribution is 0.116. The molecule has 1 N–H and O–H groups in total. The van der Waals surface area contributed by atoms with Crippen molar-refractivity contribution in [3.8, 4) is 11.5 Å². The predicted molar refractivity (Wildman–Crippen MR) is 67.4 cm³/mol. The van der Waals surface area contributed by atoms with Crippen molar-refractivity contribution in [1.82, 2.24) is 5.32 Å². The highest BCUT2D eigenvalue weighted by Crippen LogP contribution is 2.30. The van der Waals surface area contributed by atoms with Gasteiger partial charge in [-0.05, 0) is 26.0 Å². The zero-order valence-corrected chi connectivity index (χ0v) is 10.5. The molecule has 1 heterocycles. The first-order valence-electron chi connectivity index (χ1n) is 5.17. The van der Waals surface area contributed by atoms with Crippen LogP contribution in [0.4, 0.5) is 0 Å². The van der Waals surface area contributed by atoms with E-state index in [1.165, 1.54) is 0 Å². The second-order valence-electron chi connectivity index (χ2n) is 4.41. The lowest BCUT2D eigenvalue weighted by Crippen LogP contribution is -2.39. The summed E-state index contributed by atoms with van der Waals surface area (Å²) in [6.07, 6.45) is 0. The van der Waals surface area contributed by atoms with Gasteiger partial charge in [-0.1, -0.05) is 12.2 Å². The van der Waals surface area contributed by atoms with Crippen molar-refractivity contribution in [3.63, 3.8) is 0 Å². The molecule has 1 aromatic rings. The third-order valence-electron chi connectivity index (χ3n) is 2.49. The van der Waals surface area contributed by atoms with Crippen LogP contribution >= 0.6 is 12.2 Å². The van der Waals surface area contributed by atoms with Crippen molar-refractivity contribution in [2.24, 2.45) is 0 Å². The van der Waals surface area contributed by atoms with Gasteiger partial charge in [-0.25, -0.2) is 0 Å². The van der Waals surface area contributed by atoms with Crippen LogP contribution in [0.25, 0.3) is 0 Å². The van der Waals surface area contributed by atoms with E-state index in [2.05, 4.69) is 5.32 Å². The Morgan fingerprint density at radius 1 is 1.44 bits per heavy atom. The molecule has 3 nitrogen and oxygen atoms in total. The van der Waals surface area contributed by atoms with Gasteiger partial charge in [-0.2, -0.15) is 0 Å².